The van der Waals surface area contributed by atoms with E-state index in [1.54, 1.807) is 19.1 Å². The molecule has 2 rings (SSSR count). The molecule has 5 heteroatoms. The molecule has 0 aliphatic carbocycles. The Morgan fingerprint density at radius 1 is 1.33 bits per heavy atom. The number of aliphatic hydroxyl groups is 1. The first-order valence-corrected chi connectivity index (χ1v) is 6.70. The molecule has 1 amide bonds. The van der Waals surface area contributed by atoms with E-state index in [1.165, 1.54) is 6.26 Å². The molecule has 112 valence electrons. The van der Waals surface area contributed by atoms with Crippen LogP contribution in [0.5, 0.6) is 5.75 Å². The Morgan fingerprint density at radius 2 is 2.10 bits per heavy atom. The lowest BCUT2D eigenvalue weighted by molar-refractivity contribution is -0.124. The van der Waals surface area contributed by atoms with Crippen LogP contribution in [-0.2, 0) is 10.4 Å². The largest absolute Gasteiger partial charge is 0.484 e. The zero-order valence-corrected chi connectivity index (χ0v) is 12.1. The van der Waals surface area contributed by atoms with Crippen LogP contribution in [0, 0.1) is 6.92 Å². The van der Waals surface area contributed by atoms with Crippen molar-refractivity contribution in [2.75, 3.05) is 13.2 Å². The summed E-state index contributed by atoms with van der Waals surface area (Å²) in [6, 6.07) is 10.8. The summed E-state index contributed by atoms with van der Waals surface area (Å²) in [4.78, 5) is 11.8. The monoisotopic (exact) mass is 289 g/mol. The first kappa shape index (κ1) is 15.1. The van der Waals surface area contributed by atoms with E-state index in [9.17, 15) is 9.90 Å². The number of hydrogen-bond donors (Lipinski definition) is 2. The number of carbonyl (C=O) groups excluding carboxylic acids is 1. The molecule has 0 bridgehead atoms. The molecule has 0 saturated carbocycles. The van der Waals surface area contributed by atoms with Crippen LogP contribution in [-0.4, -0.2) is 24.2 Å². The fraction of sp³-hybridized carbons (Fsp3) is 0.312. The van der Waals surface area contributed by atoms with Gasteiger partial charge < -0.3 is 19.6 Å². The van der Waals surface area contributed by atoms with Gasteiger partial charge in [-0.05, 0) is 37.6 Å². The van der Waals surface area contributed by atoms with Crippen LogP contribution in [0.15, 0.2) is 47.1 Å². The van der Waals surface area contributed by atoms with E-state index in [2.05, 4.69) is 5.32 Å². The number of nitrogens with one attached hydrogen (secondary N) is 1. The summed E-state index contributed by atoms with van der Waals surface area (Å²) in [6.07, 6.45) is 1.48. The lowest BCUT2D eigenvalue weighted by atomic mass is 10.0. The summed E-state index contributed by atoms with van der Waals surface area (Å²) in [6.45, 7) is 3.44. The average molecular weight is 289 g/mol. The van der Waals surface area contributed by atoms with E-state index in [1.807, 2.05) is 31.2 Å². The maximum absolute atomic E-state index is 11.8. The van der Waals surface area contributed by atoms with E-state index in [0.717, 1.165) is 5.56 Å². The zero-order valence-electron chi connectivity index (χ0n) is 12.1. The third-order valence-electron chi connectivity index (χ3n) is 3.13. The van der Waals surface area contributed by atoms with Gasteiger partial charge in [-0.25, -0.2) is 0 Å². The highest BCUT2D eigenvalue weighted by atomic mass is 16.5. The number of benzene rings is 1. The highest BCUT2D eigenvalue weighted by molar-refractivity contribution is 5.77. The summed E-state index contributed by atoms with van der Waals surface area (Å²) in [7, 11) is 0. The topological polar surface area (TPSA) is 71.7 Å². The second kappa shape index (κ2) is 6.45. The van der Waals surface area contributed by atoms with Crippen LogP contribution in [0.25, 0.3) is 0 Å². The maximum atomic E-state index is 11.8. The molecule has 0 saturated heterocycles. The van der Waals surface area contributed by atoms with Crippen molar-refractivity contribution in [3.8, 4) is 5.75 Å². The summed E-state index contributed by atoms with van der Waals surface area (Å²) in [5.41, 5.74) is -0.283. The molecule has 1 heterocycles. The van der Waals surface area contributed by atoms with Crippen LogP contribution in [0.2, 0.25) is 0 Å². The molecular formula is C16H19NO4. The van der Waals surface area contributed by atoms with E-state index >= 15 is 0 Å². The van der Waals surface area contributed by atoms with Crippen molar-refractivity contribution in [3.05, 3.63) is 54.0 Å². The van der Waals surface area contributed by atoms with Crippen molar-refractivity contribution in [3.63, 3.8) is 0 Å². The van der Waals surface area contributed by atoms with Crippen LogP contribution in [0.3, 0.4) is 0 Å². The van der Waals surface area contributed by atoms with Crippen LogP contribution >= 0.6 is 0 Å². The number of amides is 1. The number of rotatable bonds is 6. The summed E-state index contributed by atoms with van der Waals surface area (Å²) < 4.78 is 10.6. The van der Waals surface area contributed by atoms with Crippen molar-refractivity contribution in [2.45, 2.75) is 19.4 Å². The third-order valence-corrected chi connectivity index (χ3v) is 3.13. The lowest BCUT2D eigenvalue weighted by Gasteiger charge is -2.21. The molecule has 0 aliphatic rings. The molecule has 1 aromatic heterocycles. The number of para-hydroxylation sites is 1. The Morgan fingerprint density at radius 3 is 2.76 bits per heavy atom. The Hall–Kier alpha value is -2.27. The number of carbonyl (C=O) groups is 1. The fourth-order valence-corrected chi connectivity index (χ4v) is 1.86. The molecule has 1 unspecified atom stereocenters. The van der Waals surface area contributed by atoms with Gasteiger partial charge in [-0.1, -0.05) is 18.2 Å². The molecule has 2 aromatic rings. The van der Waals surface area contributed by atoms with Crippen molar-refractivity contribution >= 4 is 5.91 Å². The lowest BCUT2D eigenvalue weighted by Crippen LogP contribution is -2.40. The van der Waals surface area contributed by atoms with Gasteiger partial charge in [0.2, 0.25) is 0 Å². The van der Waals surface area contributed by atoms with Gasteiger partial charge in [-0.2, -0.15) is 0 Å². The van der Waals surface area contributed by atoms with Gasteiger partial charge in [0, 0.05) is 0 Å². The van der Waals surface area contributed by atoms with E-state index in [-0.39, 0.29) is 19.1 Å². The molecular weight excluding hydrogens is 270 g/mol. The van der Waals surface area contributed by atoms with Crippen molar-refractivity contribution < 1.29 is 19.1 Å². The Kier molecular flexibility index (Phi) is 4.65. The minimum absolute atomic E-state index is 0.0521. The highest BCUT2D eigenvalue weighted by Gasteiger charge is 2.26. The quantitative estimate of drug-likeness (QED) is 0.853. The molecule has 0 fully saturated rings. The molecule has 1 atom stereocenters. The minimum atomic E-state index is -1.25. The number of hydrogen-bond acceptors (Lipinski definition) is 4. The van der Waals surface area contributed by atoms with Gasteiger partial charge in [0.25, 0.3) is 5.91 Å². The van der Waals surface area contributed by atoms with Gasteiger partial charge in [-0.15, -0.1) is 0 Å². The number of aryl methyl sites for hydroxylation is 1. The first-order valence-electron chi connectivity index (χ1n) is 6.70. The molecule has 0 radical (unpaired) electrons. The van der Waals surface area contributed by atoms with Crippen molar-refractivity contribution in [1.82, 2.24) is 5.32 Å². The number of ether oxygens (including phenoxy) is 1. The van der Waals surface area contributed by atoms with Gasteiger partial charge in [0.15, 0.2) is 6.61 Å². The normalized spacial score (nSPS) is 13.5. The van der Waals surface area contributed by atoms with Crippen LogP contribution < -0.4 is 10.1 Å². The van der Waals surface area contributed by atoms with Gasteiger partial charge in [0.1, 0.15) is 17.1 Å². The second-order valence-electron chi connectivity index (χ2n) is 5.08. The van der Waals surface area contributed by atoms with E-state index in [4.69, 9.17) is 9.15 Å². The van der Waals surface area contributed by atoms with Crippen molar-refractivity contribution in [1.29, 1.82) is 0 Å². The highest BCUT2D eigenvalue weighted by Crippen LogP contribution is 2.20. The van der Waals surface area contributed by atoms with Crippen LogP contribution in [0.4, 0.5) is 0 Å². The molecule has 21 heavy (non-hydrogen) atoms. The standard InChI is InChI=1S/C16H19NO4/c1-12-6-3-4-7-13(12)21-10-15(18)17-11-16(2,19)14-8-5-9-20-14/h3-9,19H,10-11H2,1-2H3,(H,17,18). The molecule has 5 nitrogen and oxygen atoms in total. The molecule has 0 spiro atoms. The maximum Gasteiger partial charge on any atom is 0.258 e. The second-order valence-corrected chi connectivity index (χ2v) is 5.08. The molecule has 0 aliphatic heterocycles. The van der Waals surface area contributed by atoms with Gasteiger partial charge >= 0.3 is 0 Å². The van der Waals surface area contributed by atoms with Gasteiger partial charge in [0.05, 0.1) is 12.8 Å². The molecule has 2 N–H and O–H groups in total. The average Bonchev–Trinajstić information content (AvgIpc) is 2.99. The summed E-state index contributed by atoms with van der Waals surface area (Å²) in [5.74, 6) is 0.776. The third kappa shape index (κ3) is 4.10. The summed E-state index contributed by atoms with van der Waals surface area (Å²) in [5, 5.41) is 12.8. The summed E-state index contributed by atoms with van der Waals surface area (Å²) >= 11 is 0. The Bertz CT molecular complexity index is 590. The fourth-order valence-electron chi connectivity index (χ4n) is 1.86. The smallest absolute Gasteiger partial charge is 0.258 e. The zero-order chi connectivity index (χ0) is 15.3. The van der Waals surface area contributed by atoms with Gasteiger partial charge in [-0.3, -0.25) is 4.79 Å². The Labute approximate surface area is 123 Å². The number of furan rings is 1. The molecule has 1 aromatic carbocycles. The van der Waals surface area contributed by atoms with Crippen LogP contribution in [0.1, 0.15) is 18.2 Å². The minimum Gasteiger partial charge on any atom is -0.484 e. The predicted octanol–water partition coefficient (Wildman–Crippen LogP) is 1.99. The SMILES string of the molecule is Cc1ccccc1OCC(=O)NCC(C)(O)c1ccco1. The van der Waals surface area contributed by atoms with E-state index in [0.29, 0.717) is 11.5 Å². The van der Waals surface area contributed by atoms with Crippen molar-refractivity contribution in [2.24, 2.45) is 0 Å². The van der Waals surface area contributed by atoms with E-state index < -0.39 is 5.60 Å². The first-order chi connectivity index (χ1) is 9.99. The predicted molar refractivity (Wildman–Crippen MR) is 78.0 cm³/mol. The Balaban J connectivity index is 1.82.